The second-order valence-electron chi connectivity index (χ2n) is 6.88. The summed E-state index contributed by atoms with van der Waals surface area (Å²) in [5, 5.41) is 4.72. The zero-order valence-corrected chi connectivity index (χ0v) is 16.0. The van der Waals surface area contributed by atoms with Crippen molar-refractivity contribution in [3.8, 4) is 0 Å². The van der Waals surface area contributed by atoms with Gasteiger partial charge in [0.05, 0.1) is 4.90 Å². The number of rotatable bonds is 6. The van der Waals surface area contributed by atoms with Gasteiger partial charge in [-0.25, -0.2) is 8.42 Å². The molecule has 6 nitrogen and oxygen atoms in total. The van der Waals surface area contributed by atoms with Crippen molar-refractivity contribution in [3.05, 3.63) is 42.5 Å². The number of carbonyl (C=O) groups is 1. The Balaban J connectivity index is 1.81. The standard InChI is InChI=1S/C19H25N3O3S/c1-21(2)13-11-20-19(23)18-8-5-12-22(18)26(24,25)17-10-9-15-6-3-4-7-16(15)14-17/h3-4,6-7,9-10,14,18H,5,8,11-13H2,1-2H3,(H,20,23)/t18-/m0/s1. The van der Waals surface area contributed by atoms with E-state index < -0.39 is 16.1 Å². The second kappa shape index (κ2) is 7.73. The molecule has 0 spiro atoms. The summed E-state index contributed by atoms with van der Waals surface area (Å²) in [6, 6.07) is 12.1. The molecule has 1 heterocycles. The molecule has 0 saturated carbocycles. The Bertz CT molecular complexity index is 896. The molecule has 0 bridgehead atoms. The van der Waals surface area contributed by atoms with Crippen LogP contribution in [-0.4, -0.2) is 63.3 Å². The van der Waals surface area contributed by atoms with Gasteiger partial charge in [-0.3, -0.25) is 4.79 Å². The molecule has 1 aliphatic rings. The maximum absolute atomic E-state index is 13.1. The van der Waals surface area contributed by atoms with E-state index in [-0.39, 0.29) is 10.8 Å². The number of nitrogens with one attached hydrogen (secondary N) is 1. The average Bonchev–Trinajstić information content (AvgIpc) is 3.11. The van der Waals surface area contributed by atoms with Crippen LogP contribution in [0.3, 0.4) is 0 Å². The molecule has 2 aromatic rings. The lowest BCUT2D eigenvalue weighted by Gasteiger charge is -2.24. The average molecular weight is 375 g/mol. The van der Waals surface area contributed by atoms with Gasteiger partial charge >= 0.3 is 0 Å². The van der Waals surface area contributed by atoms with Crippen molar-refractivity contribution in [2.75, 3.05) is 33.7 Å². The first-order valence-corrected chi connectivity index (χ1v) is 10.3. The first-order chi connectivity index (χ1) is 12.4. The molecular formula is C19H25N3O3S. The second-order valence-corrected chi connectivity index (χ2v) is 8.77. The first kappa shape index (κ1) is 18.8. The molecule has 1 fully saturated rings. The molecular weight excluding hydrogens is 350 g/mol. The highest BCUT2D eigenvalue weighted by atomic mass is 32.2. The third-order valence-corrected chi connectivity index (χ3v) is 6.60. The van der Waals surface area contributed by atoms with Gasteiger partial charge in [0.25, 0.3) is 0 Å². The van der Waals surface area contributed by atoms with Gasteiger partial charge in [-0.05, 0) is 49.8 Å². The molecule has 0 unspecified atom stereocenters. The summed E-state index contributed by atoms with van der Waals surface area (Å²) in [5.74, 6) is -0.214. The van der Waals surface area contributed by atoms with E-state index in [2.05, 4.69) is 5.32 Å². The number of hydrogen-bond acceptors (Lipinski definition) is 4. The zero-order chi connectivity index (χ0) is 18.7. The van der Waals surface area contributed by atoms with Crippen molar-refractivity contribution in [1.82, 2.24) is 14.5 Å². The maximum Gasteiger partial charge on any atom is 0.243 e. The van der Waals surface area contributed by atoms with Crippen LogP contribution < -0.4 is 5.32 Å². The Labute approximate surface area is 154 Å². The first-order valence-electron chi connectivity index (χ1n) is 8.83. The highest BCUT2D eigenvalue weighted by molar-refractivity contribution is 7.89. The zero-order valence-electron chi connectivity index (χ0n) is 15.2. The smallest absolute Gasteiger partial charge is 0.243 e. The van der Waals surface area contributed by atoms with Crippen molar-refractivity contribution in [2.45, 2.75) is 23.8 Å². The van der Waals surface area contributed by atoms with Crippen LogP contribution in [0.4, 0.5) is 0 Å². The predicted octanol–water partition coefficient (Wildman–Crippen LogP) is 1.67. The number of fused-ring (bicyclic) bond motifs is 1. The number of benzene rings is 2. The van der Waals surface area contributed by atoms with Gasteiger partial charge in [-0.2, -0.15) is 4.31 Å². The van der Waals surface area contributed by atoms with Crippen molar-refractivity contribution in [3.63, 3.8) is 0 Å². The molecule has 0 aliphatic carbocycles. The molecule has 26 heavy (non-hydrogen) atoms. The highest BCUT2D eigenvalue weighted by Gasteiger charge is 2.39. The molecule has 140 valence electrons. The van der Waals surface area contributed by atoms with E-state index >= 15 is 0 Å². The van der Waals surface area contributed by atoms with Crippen LogP contribution >= 0.6 is 0 Å². The summed E-state index contributed by atoms with van der Waals surface area (Å²) in [6.45, 7) is 1.60. The van der Waals surface area contributed by atoms with E-state index in [9.17, 15) is 13.2 Å². The Morgan fingerprint density at radius 3 is 2.65 bits per heavy atom. The summed E-state index contributed by atoms with van der Waals surface area (Å²) in [6.07, 6.45) is 1.25. The summed E-state index contributed by atoms with van der Waals surface area (Å²) >= 11 is 0. The molecule has 0 radical (unpaired) electrons. The highest BCUT2D eigenvalue weighted by Crippen LogP contribution is 2.28. The van der Waals surface area contributed by atoms with Crippen molar-refractivity contribution >= 4 is 26.7 Å². The van der Waals surface area contributed by atoms with E-state index in [0.717, 1.165) is 17.3 Å². The maximum atomic E-state index is 13.1. The molecule has 2 aromatic carbocycles. The van der Waals surface area contributed by atoms with Crippen LogP contribution in [0.15, 0.2) is 47.4 Å². The molecule has 0 aromatic heterocycles. The fourth-order valence-corrected chi connectivity index (χ4v) is 4.97. The van der Waals surface area contributed by atoms with Gasteiger partial charge in [-0.1, -0.05) is 30.3 Å². The third kappa shape index (κ3) is 3.90. The Morgan fingerprint density at radius 1 is 1.19 bits per heavy atom. The minimum atomic E-state index is -3.70. The molecule has 1 atom stereocenters. The van der Waals surface area contributed by atoms with Crippen LogP contribution in [-0.2, 0) is 14.8 Å². The molecule has 1 amide bonds. The van der Waals surface area contributed by atoms with Crippen LogP contribution in [0.1, 0.15) is 12.8 Å². The van der Waals surface area contributed by atoms with Gasteiger partial charge in [0.2, 0.25) is 15.9 Å². The SMILES string of the molecule is CN(C)CCNC(=O)[C@@H]1CCCN1S(=O)(=O)c1ccc2ccccc2c1. The lowest BCUT2D eigenvalue weighted by molar-refractivity contribution is -0.124. The molecule has 1 aliphatic heterocycles. The Kier molecular flexibility index (Phi) is 5.60. The number of hydrogen-bond donors (Lipinski definition) is 1. The van der Waals surface area contributed by atoms with Crippen LogP contribution in [0.5, 0.6) is 0 Å². The van der Waals surface area contributed by atoms with Gasteiger partial charge in [0.15, 0.2) is 0 Å². The molecule has 1 saturated heterocycles. The van der Waals surface area contributed by atoms with Crippen LogP contribution in [0, 0.1) is 0 Å². The molecule has 3 rings (SSSR count). The summed E-state index contributed by atoms with van der Waals surface area (Å²) in [4.78, 5) is 14.7. The lowest BCUT2D eigenvalue weighted by Crippen LogP contribution is -2.47. The topological polar surface area (TPSA) is 69.7 Å². The summed E-state index contributed by atoms with van der Waals surface area (Å²) < 4.78 is 27.6. The minimum Gasteiger partial charge on any atom is -0.353 e. The number of nitrogens with zero attached hydrogens (tertiary/aromatic N) is 2. The van der Waals surface area contributed by atoms with Crippen molar-refractivity contribution in [1.29, 1.82) is 0 Å². The number of carbonyl (C=O) groups excluding carboxylic acids is 1. The molecule has 7 heteroatoms. The minimum absolute atomic E-state index is 0.214. The largest absolute Gasteiger partial charge is 0.353 e. The van der Waals surface area contributed by atoms with Crippen LogP contribution in [0.2, 0.25) is 0 Å². The third-order valence-electron chi connectivity index (χ3n) is 4.69. The monoisotopic (exact) mass is 375 g/mol. The summed E-state index contributed by atoms with van der Waals surface area (Å²) in [5.41, 5.74) is 0. The van der Waals surface area contributed by atoms with E-state index in [1.807, 2.05) is 49.3 Å². The predicted molar refractivity (Wildman–Crippen MR) is 102 cm³/mol. The normalized spacial score (nSPS) is 18.5. The number of likely N-dealkylation sites (N-methyl/N-ethyl adjacent to an activating group) is 1. The number of amides is 1. The van der Waals surface area contributed by atoms with Crippen LogP contribution in [0.25, 0.3) is 10.8 Å². The van der Waals surface area contributed by atoms with Gasteiger partial charge in [0.1, 0.15) is 6.04 Å². The van der Waals surface area contributed by atoms with Gasteiger partial charge < -0.3 is 10.2 Å². The van der Waals surface area contributed by atoms with E-state index in [1.54, 1.807) is 12.1 Å². The van der Waals surface area contributed by atoms with Crippen molar-refractivity contribution in [2.24, 2.45) is 0 Å². The van der Waals surface area contributed by atoms with Gasteiger partial charge in [-0.15, -0.1) is 0 Å². The Morgan fingerprint density at radius 2 is 1.92 bits per heavy atom. The number of sulfonamides is 1. The van der Waals surface area contributed by atoms with Crippen molar-refractivity contribution < 1.29 is 13.2 Å². The molecule has 1 N–H and O–H groups in total. The Hall–Kier alpha value is -1.96. The van der Waals surface area contributed by atoms with E-state index in [4.69, 9.17) is 0 Å². The summed E-state index contributed by atoms with van der Waals surface area (Å²) in [7, 11) is 0.154. The van der Waals surface area contributed by atoms with E-state index in [1.165, 1.54) is 4.31 Å². The van der Waals surface area contributed by atoms with Gasteiger partial charge in [0, 0.05) is 19.6 Å². The lowest BCUT2D eigenvalue weighted by atomic mass is 10.1. The fourth-order valence-electron chi connectivity index (χ4n) is 3.27. The quantitative estimate of drug-likeness (QED) is 0.834. The van der Waals surface area contributed by atoms with E-state index in [0.29, 0.717) is 25.9 Å². The fraction of sp³-hybridized carbons (Fsp3) is 0.421.